The Morgan fingerprint density at radius 1 is 1.77 bits per heavy atom. The van der Waals surface area contributed by atoms with E-state index in [4.69, 9.17) is 5.26 Å². The lowest BCUT2D eigenvalue weighted by Gasteiger charge is -2.08. The molecule has 5 heteroatoms. The lowest BCUT2D eigenvalue weighted by Crippen LogP contribution is -2.26. The largest absolute Gasteiger partial charge is 0.312 e. The fourth-order valence-electron chi connectivity index (χ4n) is 1.58. The van der Waals surface area contributed by atoms with Gasteiger partial charge in [0.25, 0.3) is 0 Å². The van der Waals surface area contributed by atoms with E-state index < -0.39 is 0 Å². The molecule has 0 spiro atoms. The van der Waals surface area contributed by atoms with E-state index in [1.165, 1.54) is 12.8 Å². The first kappa shape index (κ1) is 8.20. The molecule has 0 radical (unpaired) electrons. The summed E-state index contributed by atoms with van der Waals surface area (Å²) in [4.78, 5) is 0. The third-order valence-electron chi connectivity index (χ3n) is 2.22. The first-order valence-electron chi connectivity index (χ1n) is 4.42. The van der Waals surface area contributed by atoms with Crippen LogP contribution in [0.2, 0.25) is 0 Å². The molecule has 0 aromatic carbocycles. The molecule has 5 nitrogen and oxygen atoms in total. The molecule has 1 aromatic heterocycles. The monoisotopic (exact) mass is 177 g/mol. The van der Waals surface area contributed by atoms with Gasteiger partial charge in [0.05, 0.1) is 12.7 Å². The molecule has 2 heterocycles. The molecule has 0 aliphatic carbocycles. The van der Waals surface area contributed by atoms with Gasteiger partial charge in [-0.15, -0.1) is 5.10 Å². The predicted octanol–water partition coefficient (Wildman–Crippen LogP) is -0.0982. The zero-order valence-corrected chi connectivity index (χ0v) is 7.27. The van der Waals surface area contributed by atoms with Crippen LogP contribution in [0.3, 0.4) is 0 Å². The van der Waals surface area contributed by atoms with E-state index in [9.17, 15) is 0 Å². The lowest BCUT2D eigenvalue weighted by atomic mass is 10.2. The number of aromatic nitrogens is 3. The maximum absolute atomic E-state index is 8.53. The van der Waals surface area contributed by atoms with Gasteiger partial charge < -0.3 is 5.32 Å². The minimum absolute atomic E-state index is 0.387. The van der Waals surface area contributed by atoms with Crippen LogP contribution in [0.1, 0.15) is 18.5 Å². The van der Waals surface area contributed by atoms with Crippen molar-refractivity contribution in [2.75, 3.05) is 6.54 Å². The Morgan fingerprint density at radius 2 is 2.69 bits per heavy atom. The van der Waals surface area contributed by atoms with Crippen LogP contribution in [-0.2, 0) is 6.54 Å². The van der Waals surface area contributed by atoms with Crippen LogP contribution < -0.4 is 5.32 Å². The van der Waals surface area contributed by atoms with Gasteiger partial charge in [-0.2, -0.15) is 5.26 Å². The standard InChI is InChI=1S/C8H11N5/c9-4-8-6-13(12-11-8)5-7-2-1-3-10-7/h6-7,10H,1-3,5H2. The summed E-state index contributed by atoms with van der Waals surface area (Å²) in [5, 5.41) is 19.4. The van der Waals surface area contributed by atoms with Crippen molar-refractivity contribution in [1.82, 2.24) is 20.3 Å². The molecular formula is C8H11N5. The third-order valence-corrected chi connectivity index (χ3v) is 2.22. The summed E-state index contributed by atoms with van der Waals surface area (Å²) in [6.45, 7) is 1.90. The van der Waals surface area contributed by atoms with E-state index in [0.717, 1.165) is 13.1 Å². The van der Waals surface area contributed by atoms with Gasteiger partial charge in [-0.3, -0.25) is 0 Å². The fourth-order valence-corrected chi connectivity index (χ4v) is 1.58. The van der Waals surface area contributed by atoms with Crippen LogP contribution in [0.15, 0.2) is 6.20 Å². The normalized spacial score (nSPS) is 21.6. The highest BCUT2D eigenvalue weighted by Crippen LogP contribution is 2.06. The van der Waals surface area contributed by atoms with Crippen LogP contribution in [-0.4, -0.2) is 27.6 Å². The minimum Gasteiger partial charge on any atom is -0.312 e. The van der Waals surface area contributed by atoms with E-state index in [2.05, 4.69) is 15.6 Å². The zero-order valence-electron chi connectivity index (χ0n) is 7.27. The molecule has 68 valence electrons. The van der Waals surface area contributed by atoms with Crippen molar-refractivity contribution >= 4 is 0 Å². The maximum Gasteiger partial charge on any atom is 0.182 e. The highest BCUT2D eigenvalue weighted by atomic mass is 15.4. The second kappa shape index (κ2) is 3.54. The van der Waals surface area contributed by atoms with Gasteiger partial charge in [-0.1, -0.05) is 5.21 Å². The van der Waals surface area contributed by atoms with Crippen molar-refractivity contribution < 1.29 is 0 Å². The smallest absolute Gasteiger partial charge is 0.182 e. The van der Waals surface area contributed by atoms with Crippen molar-refractivity contribution in [3.8, 4) is 6.07 Å². The summed E-state index contributed by atoms with van der Waals surface area (Å²) in [5.74, 6) is 0. The van der Waals surface area contributed by atoms with Gasteiger partial charge in [0, 0.05) is 6.04 Å². The SMILES string of the molecule is N#Cc1cn(CC2CCCN2)nn1. The summed E-state index contributed by atoms with van der Waals surface area (Å²) >= 11 is 0. The second-order valence-electron chi connectivity index (χ2n) is 3.23. The number of nitriles is 1. The van der Waals surface area contributed by atoms with Gasteiger partial charge in [-0.25, -0.2) is 4.68 Å². The van der Waals surface area contributed by atoms with Gasteiger partial charge in [-0.05, 0) is 19.4 Å². The summed E-state index contributed by atoms with van der Waals surface area (Å²) in [5.41, 5.74) is 0.387. The number of hydrogen-bond donors (Lipinski definition) is 1. The van der Waals surface area contributed by atoms with Crippen LogP contribution in [0.4, 0.5) is 0 Å². The van der Waals surface area contributed by atoms with Gasteiger partial charge in [0.15, 0.2) is 5.69 Å². The van der Waals surface area contributed by atoms with Crippen LogP contribution in [0.5, 0.6) is 0 Å². The van der Waals surface area contributed by atoms with Crippen LogP contribution >= 0.6 is 0 Å². The van der Waals surface area contributed by atoms with Crippen molar-refractivity contribution in [2.24, 2.45) is 0 Å². The number of rotatable bonds is 2. The quantitative estimate of drug-likeness (QED) is 0.685. The fraction of sp³-hybridized carbons (Fsp3) is 0.625. The lowest BCUT2D eigenvalue weighted by molar-refractivity contribution is 0.466. The van der Waals surface area contributed by atoms with Crippen LogP contribution in [0, 0.1) is 11.3 Å². The Morgan fingerprint density at radius 3 is 3.31 bits per heavy atom. The molecule has 1 fully saturated rings. The summed E-state index contributed by atoms with van der Waals surface area (Å²) in [6, 6.07) is 2.45. The molecule has 0 amide bonds. The van der Waals surface area contributed by atoms with Gasteiger partial charge >= 0.3 is 0 Å². The molecule has 1 atom stereocenters. The summed E-state index contributed by atoms with van der Waals surface area (Å²) in [7, 11) is 0. The average molecular weight is 177 g/mol. The molecule has 1 aliphatic rings. The number of hydrogen-bond acceptors (Lipinski definition) is 4. The zero-order chi connectivity index (χ0) is 9.10. The van der Waals surface area contributed by atoms with E-state index in [1.807, 2.05) is 6.07 Å². The summed E-state index contributed by atoms with van der Waals surface area (Å²) in [6.07, 6.45) is 4.09. The molecular weight excluding hydrogens is 166 g/mol. The van der Waals surface area contributed by atoms with E-state index in [-0.39, 0.29) is 0 Å². The highest BCUT2D eigenvalue weighted by Gasteiger charge is 2.14. The first-order valence-corrected chi connectivity index (χ1v) is 4.42. The van der Waals surface area contributed by atoms with Crippen molar-refractivity contribution in [1.29, 1.82) is 5.26 Å². The third kappa shape index (κ3) is 1.84. The Labute approximate surface area is 76.4 Å². The highest BCUT2D eigenvalue weighted by molar-refractivity contribution is 5.13. The molecule has 1 saturated heterocycles. The van der Waals surface area contributed by atoms with Crippen LogP contribution in [0.25, 0.3) is 0 Å². The molecule has 2 rings (SSSR count). The van der Waals surface area contributed by atoms with Crippen molar-refractivity contribution in [3.05, 3.63) is 11.9 Å². The molecule has 1 aliphatic heterocycles. The number of nitrogens with one attached hydrogen (secondary N) is 1. The maximum atomic E-state index is 8.53. The Hall–Kier alpha value is -1.41. The Balaban J connectivity index is 1.97. The molecule has 1 N–H and O–H groups in total. The second-order valence-corrected chi connectivity index (χ2v) is 3.23. The molecule has 1 aromatic rings. The molecule has 1 unspecified atom stereocenters. The van der Waals surface area contributed by atoms with Crippen molar-refractivity contribution in [2.45, 2.75) is 25.4 Å². The van der Waals surface area contributed by atoms with E-state index >= 15 is 0 Å². The van der Waals surface area contributed by atoms with Crippen molar-refractivity contribution in [3.63, 3.8) is 0 Å². The molecule has 0 bridgehead atoms. The Kier molecular flexibility index (Phi) is 2.23. The first-order chi connectivity index (χ1) is 6.38. The average Bonchev–Trinajstić information content (AvgIpc) is 2.76. The molecule has 13 heavy (non-hydrogen) atoms. The number of nitrogens with zero attached hydrogens (tertiary/aromatic N) is 4. The molecule has 0 saturated carbocycles. The van der Waals surface area contributed by atoms with E-state index in [1.54, 1.807) is 10.9 Å². The van der Waals surface area contributed by atoms with E-state index in [0.29, 0.717) is 11.7 Å². The minimum atomic E-state index is 0.387. The topological polar surface area (TPSA) is 66.5 Å². The van der Waals surface area contributed by atoms with Gasteiger partial charge in [0.1, 0.15) is 6.07 Å². The summed E-state index contributed by atoms with van der Waals surface area (Å²) < 4.78 is 1.72. The Bertz CT molecular complexity index is 318. The van der Waals surface area contributed by atoms with Gasteiger partial charge in [0.2, 0.25) is 0 Å². The predicted molar refractivity (Wildman–Crippen MR) is 45.8 cm³/mol.